The van der Waals surface area contributed by atoms with Gasteiger partial charge in [-0.3, -0.25) is 0 Å². The Balaban J connectivity index is 0.00000210. The SMILES string of the molecule is CN1C[C@H]2CCC[C@@H](C1)C2OC(=O)[C@](O)(c1ccccc1)C1CCCC1.Cl. The number of carbonyl (C=O) groups is 1. The molecule has 1 saturated heterocycles. The summed E-state index contributed by atoms with van der Waals surface area (Å²) in [5.74, 6) is 0.352. The zero-order valence-electron chi connectivity index (χ0n) is 16.2. The number of carbonyl (C=O) groups excluding carboxylic acids is 1. The van der Waals surface area contributed by atoms with Crippen LogP contribution in [0.15, 0.2) is 30.3 Å². The molecule has 2 bridgehead atoms. The fourth-order valence-electron chi connectivity index (χ4n) is 5.58. The Morgan fingerprint density at radius 2 is 1.63 bits per heavy atom. The Bertz CT molecular complexity index is 620. The number of esters is 1. The van der Waals surface area contributed by atoms with Crippen molar-refractivity contribution in [2.75, 3.05) is 20.1 Å². The van der Waals surface area contributed by atoms with Crippen molar-refractivity contribution in [2.24, 2.45) is 17.8 Å². The van der Waals surface area contributed by atoms with Gasteiger partial charge in [-0.1, -0.05) is 49.6 Å². The smallest absolute Gasteiger partial charge is 0.343 e. The van der Waals surface area contributed by atoms with Gasteiger partial charge < -0.3 is 14.7 Å². The molecule has 2 aliphatic carbocycles. The minimum atomic E-state index is -1.50. The molecule has 1 aromatic carbocycles. The fraction of sp³-hybridized carbons (Fsp3) is 0.682. The standard InChI is InChI=1S/C22H31NO3.ClH/c1-23-14-16-8-7-9-17(15-23)20(16)26-21(24)22(25,19-12-5-6-13-19)18-10-3-2-4-11-18;/h2-4,10-11,16-17,19-20,25H,5-9,12-15H2,1H3;1H/t16-,17+,20?,22-;/m0./s1. The van der Waals surface area contributed by atoms with E-state index in [-0.39, 0.29) is 24.4 Å². The molecule has 150 valence electrons. The van der Waals surface area contributed by atoms with Gasteiger partial charge in [0, 0.05) is 30.8 Å². The molecule has 3 fully saturated rings. The van der Waals surface area contributed by atoms with E-state index in [0.29, 0.717) is 17.4 Å². The first-order chi connectivity index (χ1) is 12.6. The number of likely N-dealkylation sites (tertiary alicyclic amines) is 1. The highest BCUT2D eigenvalue weighted by atomic mass is 35.5. The molecule has 1 aliphatic heterocycles. The molecule has 4 atom stereocenters. The van der Waals surface area contributed by atoms with Crippen molar-refractivity contribution in [3.8, 4) is 0 Å². The third-order valence-electron chi connectivity index (χ3n) is 6.89. The molecular weight excluding hydrogens is 362 g/mol. The van der Waals surface area contributed by atoms with Crippen molar-refractivity contribution in [2.45, 2.75) is 56.7 Å². The predicted molar refractivity (Wildman–Crippen MR) is 108 cm³/mol. The van der Waals surface area contributed by atoms with E-state index >= 15 is 0 Å². The number of benzene rings is 1. The average Bonchev–Trinajstić information content (AvgIpc) is 3.17. The molecule has 3 aliphatic rings. The van der Waals surface area contributed by atoms with E-state index in [4.69, 9.17) is 4.74 Å². The molecule has 1 aromatic rings. The molecule has 0 amide bonds. The highest BCUT2D eigenvalue weighted by molar-refractivity contribution is 5.85. The van der Waals surface area contributed by atoms with Crippen LogP contribution in [0, 0.1) is 17.8 Å². The summed E-state index contributed by atoms with van der Waals surface area (Å²) in [6, 6.07) is 9.45. The second-order valence-electron chi connectivity index (χ2n) is 8.66. The molecule has 0 aromatic heterocycles. The van der Waals surface area contributed by atoms with E-state index < -0.39 is 11.6 Å². The van der Waals surface area contributed by atoms with Gasteiger partial charge in [0.2, 0.25) is 0 Å². The minimum absolute atomic E-state index is 0. The Hall–Kier alpha value is -1.10. The lowest BCUT2D eigenvalue weighted by Gasteiger charge is -2.46. The van der Waals surface area contributed by atoms with Crippen molar-refractivity contribution < 1.29 is 14.6 Å². The molecule has 0 spiro atoms. The highest BCUT2D eigenvalue weighted by Gasteiger charge is 2.50. The number of rotatable bonds is 4. The summed E-state index contributed by atoms with van der Waals surface area (Å²) in [5.41, 5.74) is -0.815. The first-order valence-electron chi connectivity index (χ1n) is 10.3. The van der Waals surface area contributed by atoms with Crippen LogP contribution in [0.3, 0.4) is 0 Å². The van der Waals surface area contributed by atoms with Crippen molar-refractivity contribution in [3.05, 3.63) is 35.9 Å². The molecule has 4 nitrogen and oxygen atoms in total. The summed E-state index contributed by atoms with van der Waals surface area (Å²) in [6.07, 6.45) is 7.35. The van der Waals surface area contributed by atoms with Crippen LogP contribution in [0.2, 0.25) is 0 Å². The molecule has 4 rings (SSSR count). The summed E-state index contributed by atoms with van der Waals surface area (Å²) in [6.45, 7) is 1.98. The molecule has 1 unspecified atom stereocenters. The first kappa shape index (κ1) is 20.6. The highest BCUT2D eigenvalue weighted by Crippen LogP contribution is 2.43. The number of nitrogens with zero attached hydrogens (tertiary/aromatic N) is 1. The Morgan fingerprint density at radius 3 is 2.22 bits per heavy atom. The fourth-order valence-corrected chi connectivity index (χ4v) is 5.58. The van der Waals surface area contributed by atoms with Crippen LogP contribution in [0.5, 0.6) is 0 Å². The lowest BCUT2D eigenvalue weighted by atomic mass is 9.75. The van der Waals surface area contributed by atoms with Crippen LogP contribution < -0.4 is 0 Å². The van der Waals surface area contributed by atoms with Crippen LogP contribution in [0.1, 0.15) is 50.5 Å². The molecular formula is C22H32ClNO3. The third-order valence-corrected chi connectivity index (χ3v) is 6.89. The van der Waals surface area contributed by atoms with Gasteiger partial charge in [0.25, 0.3) is 0 Å². The summed E-state index contributed by atoms with van der Waals surface area (Å²) in [7, 11) is 2.15. The number of piperidine rings is 1. The molecule has 27 heavy (non-hydrogen) atoms. The Labute approximate surface area is 168 Å². The number of fused-ring (bicyclic) bond motifs is 2. The van der Waals surface area contributed by atoms with Gasteiger partial charge in [0.1, 0.15) is 6.10 Å². The largest absolute Gasteiger partial charge is 0.459 e. The van der Waals surface area contributed by atoms with Gasteiger partial charge >= 0.3 is 5.97 Å². The van der Waals surface area contributed by atoms with Crippen molar-refractivity contribution in [1.82, 2.24) is 4.90 Å². The summed E-state index contributed by atoms with van der Waals surface area (Å²) < 4.78 is 6.12. The van der Waals surface area contributed by atoms with Gasteiger partial charge in [-0.25, -0.2) is 4.79 Å². The average molecular weight is 394 g/mol. The summed E-state index contributed by atoms with van der Waals surface area (Å²) in [5, 5.41) is 11.6. The topological polar surface area (TPSA) is 49.8 Å². The van der Waals surface area contributed by atoms with E-state index in [1.54, 1.807) is 0 Å². The second kappa shape index (κ2) is 8.50. The minimum Gasteiger partial charge on any atom is -0.459 e. The van der Waals surface area contributed by atoms with E-state index in [9.17, 15) is 9.90 Å². The quantitative estimate of drug-likeness (QED) is 0.791. The molecule has 1 heterocycles. The zero-order chi connectivity index (χ0) is 18.1. The van der Waals surface area contributed by atoms with Crippen LogP contribution in [0.4, 0.5) is 0 Å². The zero-order valence-corrected chi connectivity index (χ0v) is 17.0. The van der Waals surface area contributed by atoms with Crippen LogP contribution in [0.25, 0.3) is 0 Å². The van der Waals surface area contributed by atoms with E-state index in [2.05, 4.69) is 11.9 Å². The summed E-state index contributed by atoms with van der Waals surface area (Å²) in [4.78, 5) is 15.7. The third kappa shape index (κ3) is 3.90. The molecule has 0 radical (unpaired) electrons. The maximum atomic E-state index is 13.3. The van der Waals surface area contributed by atoms with Crippen LogP contribution >= 0.6 is 12.4 Å². The first-order valence-corrected chi connectivity index (χ1v) is 10.3. The number of aliphatic hydroxyl groups is 1. The second-order valence-corrected chi connectivity index (χ2v) is 8.66. The van der Waals surface area contributed by atoms with E-state index in [1.165, 1.54) is 6.42 Å². The van der Waals surface area contributed by atoms with Crippen LogP contribution in [-0.2, 0) is 15.1 Å². The monoisotopic (exact) mass is 393 g/mol. The van der Waals surface area contributed by atoms with Gasteiger partial charge in [-0.2, -0.15) is 0 Å². The van der Waals surface area contributed by atoms with Crippen LogP contribution in [-0.4, -0.2) is 42.2 Å². The normalized spacial score (nSPS) is 31.0. The van der Waals surface area contributed by atoms with E-state index in [0.717, 1.165) is 51.6 Å². The maximum Gasteiger partial charge on any atom is 0.343 e. The number of ether oxygens (including phenoxy) is 1. The van der Waals surface area contributed by atoms with Gasteiger partial charge in [0.15, 0.2) is 5.60 Å². The molecule has 5 heteroatoms. The van der Waals surface area contributed by atoms with Crippen molar-refractivity contribution in [3.63, 3.8) is 0 Å². The van der Waals surface area contributed by atoms with Gasteiger partial charge in [0.05, 0.1) is 0 Å². The molecule has 2 saturated carbocycles. The number of hydrogen-bond donors (Lipinski definition) is 1. The summed E-state index contributed by atoms with van der Waals surface area (Å²) >= 11 is 0. The predicted octanol–water partition coefficient (Wildman–Crippen LogP) is 3.76. The lowest BCUT2D eigenvalue weighted by Crippen LogP contribution is -2.54. The number of hydrogen-bond acceptors (Lipinski definition) is 4. The van der Waals surface area contributed by atoms with Crippen molar-refractivity contribution >= 4 is 18.4 Å². The van der Waals surface area contributed by atoms with Gasteiger partial charge in [-0.05, 0) is 38.3 Å². The number of halogens is 1. The van der Waals surface area contributed by atoms with Crippen molar-refractivity contribution in [1.29, 1.82) is 0 Å². The molecule has 1 N–H and O–H groups in total. The Morgan fingerprint density at radius 1 is 1.04 bits per heavy atom. The maximum absolute atomic E-state index is 13.3. The lowest BCUT2D eigenvalue weighted by molar-refractivity contribution is -0.191. The van der Waals surface area contributed by atoms with Gasteiger partial charge in [-0.15, -0.1) is 12.4 Å². The van der Waals surface area contributed by atoms with E-state index in [1.807, 2.05) is 30.3 Å². The Kier molecular flexibility index (Phi) is 6.50.